The van der Waals surface area contributed by atoms with Gasteiger partial charge in [-0.25, -0.2) is 17.8 Å². The summed E-state index contributed by atoms with van der Waals surface area (Å²) < 4.78 is 43.2. The van der Waals surface area contributed by atoms with Crippen molar-refractivity contribution in [2.24, 2.45) is 0 Å². The molecule has 12 heteroatoms. The first-order valence-corrected chi connectivity index (χ1v) is 13.0. The van der Waals surface area contributed by atoms with Crippen molar-refractivity contribution in [1.29, 1.82) is 0 Å². The quantitative estimate of drug-likeness (QED) is 0.425. The molecular weight excluding hydrogens is 493 g/mol. The molecule has 35 heavy (non-hydrogen) atoms. The number of nitrogens with zero attached hydrogens (tertiary/aromatic N) is 4. The first kappa shape index (κ1) is 23.0. The van der Waals surface area contributed by atoms with Crippen LogP contribution in [0.15, 0.2) is 71.2 Å². The summed E-state index contributed by atoms with van der Waals surface area (Å²) in [7, 11) is -3.80. The van der Waals surface area contributed by atoms with E-state index in [9.17, 15) is 22.4 Å². The summed E-state index contributed by atoms with van der Waals surface area (Å²) in [5.74, 6) is -0.980. The minimum absolute atomic E-state index is 0. The molecule has 3 heterocycles. The maximum Gasteiger partial charge on any atom is 0.263 e. The van der Waals surface area contributed by atoms with Crippen LogP contribution in [0.5, 0.6) is 0 Å². The predicted molar refractivity (Wildman–Crippen MR) is 132 cm³/mol. The first-order valence-electron chi connectivity index (χ1n) is 10.7. The molecule has 0 saturated carbocycles. The highest BCUT2D eigenvalue weighted by Gasteiger charge is 2.28. The lowest BCUT2D eigenvalue weighted by molar-refractivity contribution is -0.137. The zero-order valence-corrected chi connectivity index (χ0v) is 19.9. The topological polar surface area (TPSA) is 105 Å². The van der Waals surface area contributed by atoms with Gasteiger partial charge in [-0.3, -0.25) is 14.3 Å². The van der Waals surface area contributed by atoms with E-state index >= 15 is 0 Å². The molecule has 0 spiro atoms. The molecule has 1 saturated heterocycles. The van der Waals surface area contributed by atoms with Gasteiger partial charge >= 0.3 is 0 Å². The predicted octanol–water partition coefficient (Wildman–Crippen LogP) is 3.16. The molecule has 182 valence electrons. The molecule has 2 aromatic carbocycles. The number of carbonyl (C=O) groups excluding carboxylic acids is 2. The molecule has 2 amide bonds. The van der Waals surface area contributed by atoms with Gasteiger partial charge in [-0.2, -0.15) is 0 Å². The number of fused-ring (bicyclic) bond motifs is 1. The third-order valence-electron chi connectivity index (χ3n) is 5.73. The molecule has 0 atom stereocenters. The Morgan fingerprint density at radius 1 is 1.14 bits per heavy atom. The molecule has 0 radical (unpaired) electrons. The number of halogens is 1. The van der Waals surface area contributed by atoms with Crippen molar-refractivity contribution in [3.63, 3.8) is 0 Å². The van der Waals surface area contributed by atoms with Crippen LogP contribution in [0.4, 0.5) is 15.2 Å². The van der Waals surface area contributed by atoms with Crippen LogP contribution in [-0.2, 0) is 26.2 Å². The second kappa shape index (κ2) is 9.12. The Kier molecular flexibility index (Phi) is 5.99. The molecule has 1 N–H and O–H groups in total. The van der Waals surface area contributed by atoms with Crippen molar-refractivity contribution in [3.05, 3.63) is 72.1 Å². The lowest BCUT2D eigenvalue weighted by atomic mass is 10.2. The summed E-state index contributed by atoms with van der Waals surface area (Å²) in [4.78, 5) is 32.5. The number of hydrogen-bond acceptors (Lipinski definition) is 6. The first-order chi connectivity index (χ1) is 16.8. The Labute approximate surface area is 205 Å². The monoisotopic (exact) mass is 515 g/mol. The smallest absolute Gasteiger partial charge is 0.263 e. The fraction of sp³-hybridized carbons (Fsp3) is 0.174. The number of thiazole rings is 1. The lowest BCUT2D eigenvalue weighted by Gasteiger charge is -2.34. The zero-order valence-electron chi connectivity index (χ0n) is 18.3. The summed E-state index contributed by atoms with van der Waals surface area (Å²) >= 11 is 1.17. The van der Waals surface area contributed by atoms with Crippen LogP contribution < -0.4 is 9.62 Å². The zero-order chi connectivity index (χ0) is 24.6. The number of benzene rings is 2. The highest BCUT2D eigenvalue weighted by atomic mass is 32.2. The van der Waals surface area contributed by atoms with Crippen LogP contribution in [0.1, 0.15) is 1.43 Å². The number of aromatic nitrogens is 2. The van der Waals surface area contributed by atoms with Gasteiger partial charge in [-0.05, 0) is 36.4 Å². The van der Waals surface area contributed by atoms with E-state index in [0.717, 1.165) is 0 Å². The molecule has 1 fully saturated rings. The molecule has 2 aromatic heterocycles. The maximum atomic E-state index is 14.2. The normalized spacial score (nSPS) is 14.5. The van der Waals surface area contributed by atoms with Crippen LogP contribution in [0.25, 0.3) is 10.9 Å². The fourth-order valence-electron chi connectivity index (χ4n) is 4.00. The highest BCUT2D eigenvalue weighted by Crippen LogP contribution is 2.23. The third kappa shape index (κ3) is 4.62. The Bertz CT molecular complexity index is 1510. The fourth-order valence-corrected chi connectivity index (χ4v) is 5.79. The minimum Gasteiger partial charge on any atom is -0.336 e. The van der Waals surface area contributed by atoms with Crippen molar-refractivity contribution in [3.8, 4) is 0 Å². The van der Waals surface area contributed by atoms with E-state index < -0.39 is 15.8 Å². The van der Waals surface area contributed by atoms with Crippen LogP contribution in [0, 0.1) is 5.82 Å². The molecule has 5 rings (SSSR count). The number of sulfonamides is 1. The number of para-hydroxylation sites is 1. The van der Waals surface area contributed by atoms with Gasteiger partial charge in [0.15, 0.2) is 5.13 Å². The van der Waals surface area contributed by atoms with Gasteiger partial charge in [-0.15, -0.1) is 11.3 Å². The Hall–Kier alpha value is -3.77. The number of rotatable bonds is 6. The number of amides is 2. The summed E-state index contributed by atoms with van der Waals surface area (Å²) in [5, 5.41) is 2.63. The van der Waals surface area contributed by atoms with Gasteiger partial charge in [0, 0.05) is 43.4 Å². The lowest BCUT2D eigenvalue weighted by Crippen LogP contribution is -2.53. The molecule has 0 bridgehead atoms. The highest BCUT2D eigenvalue weighted by molar-refractivity contribution is 7.93. The van der Waals surface area contributed by atoms with E-state index in [0.29, 0.717) is 23.1 Å². The molecule has 9 nitrogen and oxygen atoms in total. The van der Waals surface area contributed by atoms with Crippen molar-refractivity contribution < 1.29 is 23.8 Å². The van der Waals surface area contributed by atoms with Crippen molar-refractivity contribution in [2.75, 3.05) is 29.3 Å². The van der Waals surface area contributed by atoms with E-state index in [4.69, 9.17) is 0 Å². The number of anilines is 2. The van der Waals surface area contributed by atoms with Gasteiger partial charge in [0.05, 0.1) is 10.4 Å². The summed E-state index contributed by atoms with van der Waals surface area (Å²) in [6.07, 6.45) is 3.16. The molecule has 0 unspecified atom stereocenters. The van der Waals surface area contributed by atoms with Crippen LogP contribution in [0.3, 0.4) is 0 Å². The van der Waals surface area contributed by atoms with Crippen LogP contribution in [0.2, 0.25) is 0 Å². The summed E-state index contributed by atoms with van der Waals surface area (Å²) in [6, 6.07) is 12.4. The summed E-state index contributed by atoms with van der Waals surface area (Å²) in [5.41, 5.74) is 0.888. The number of nitrogens with one attached hydrogen (secondary N) is 1. The Morgan fingerprint density at radius 3 is 2.66 bits per heavy atom. The van der Waals surface area contributed by atoms with E-state index in [-0.39, 0.29) is 42.9 Å². The molecular formula is C23H22FN5O4S2. The largest absolute Gasteiger partial charge is 0.336 e. The van der Waals surface area contributed by atoms with Crippen molar-refractivity contribution >= 4 is 54.9 Å². The Balaban J connectivity index is 0.00000304. The van der Waals surface area contributed by atoms with Crippen LogP contribution >= 0.6 is 11.3 Å². The second-order valence-corrected chi connectivity index (χ2v) is 10.5. The minimum atomic E-state index is -3.80. The van der Waals surface area contributed by atoms with E-state index in [1.165, 1.54) is 45.5 Å². The van der Waals surface area contributed by atoms with Crippen LogP contribution in [-0.4, -0.2) is 54.3 Å². The van der Waals surface area contributed by atoms with Gasteiger partial charge in [0.25, 0.3) is 10.0 Å². The molecule has 1 aliphatic rings. The molecule has 4 aromatic rings. The molecule has 1 aliphatic heterocycles. The third-order valence-corrected chi connectivity index (χ3v) is 7.90. The maximum absolute atomic E-state index is 14.2. The van der Waals surface area contributed by atoms with Crippen molar-refractivity contribution in [1.82, 2.24) is 14.5 Å². The Morgan fingerprint density at radius 2 is 1.94 bits per heavy atom. The SMILES string of the molecule is O=C(Cn1ccc2cccc(F)c21)N1CCN(c2ccc(S(=O)(=O)Nc3nccs3)cc2)C(=O)C1.[HH]. The van der Waals surface area contributed by atoms with Gasteiger partial charge < -0.3 is 14.4 Å². The van der Waals surface area contributed by atoms with E-state index in [2.05, 4.69) is 9.71 Å². The number of piperazine rings is 1. The average molecular weight is 516 g/mol. The summed E-state index contributed by atoms with van der Waals surface area (Å²) in [6.45, 7) is 0.370. The standard InChI is InChI=1S/C23H20FN5O4S2.H2/c24-19-3-1-2-16-8-10-28(22(16)19)14-20(30)27-11-12-29(21(31)15-27)17-4-6-18(7-5-17)35(32,33)26-23-25-9-13-34-23;/h1-10,13H,11-12,14-15H2,(H,25,26);1H. The van der Waals surface area contributed by atoms with E-state index in [1.54, 1.807) is 46.5 Å². The number of hydrogen-bond donors (Lipinski definition) is 1. The average Bonchev–Trinajstić information content (AvgIpc) is 3.49. The number of carbonyl (C=O) groups is 2. The van der Waals surface area contributed by atoms with Gasteiger partial charge in [0.2, 0.25) is 11.8 Å². The van der Waals surface area contributed by atoms with E-state index in [1.807, 2.05) is 0 Å². The van der Waals surface area contributed by atoms with Crippen molar-refractivity contribution in [2.45, 2.75) is 11.4 Å². The van der Waals surface area contributed by atoms with Gasteiger partial charge in [0.1, 0.15) is 18.9 Å². The second-order valence-electron chi connectivity index (χ2n) is 7.92. The molecule has 0 aliphatic carbocycles. The van der Waals surface area contributed by atoms with Gasteiger partial charge in [-0.1, -0.05) is 12.1 Å².